The standard InChI is InChI=1S/C17H30N2S/c1-11-7-9-14(10-8-11)18-12(2)15-13(3)19-16(20-15)17(4,5)6/h11-12,14,18H,7-10H2,1-6H3. The molecule has 1 fully saturated rings. The third kappa shape index (κ3) is 3.82. The molecule has 0 saturated heterocycles. The zero-order chi connectivity index (χ0) is 14.9. The number of rotatable bonds is 3. The molecule has 114 valence electrons. The highest BCUT2D eigenvalue weighted by atomic mass is 32.1. The molecule has 1 aromatic heterocycles. The summed E-state index contributed by atoms with van der Waals surface area (Å²) < 4.78 is 0. The molecule has 2 nitrogen and oxygen atoms in total. The van der Waals surface area contributed by atoms with Crippen LogP contribution in [0.3, 0.4) is 0 Å². The molecule has 0 amide bonds. The number of aryl methyl sites for hydroxylation is 1. The average Bonchev–Trinajstić information content (AvgIpc) is 2.74. The Balaban J connectivity index is 2.02. The summed E-state index contributed by atoms with van der Waals surface area (Å²) >= 11 is 1.89. The molecule has 0 aromatic carbocycles. The van der Waals surface area contributed by atoms with E-state index in [2.05, 4.69) is 46.9 Å². The Kier molecular flexibility index (Phi) is 4.91. The van der Waals surface area contributed by atoms with Crippen LogP contribution in [0.25, 0.3) is 0 Å². The van der Waals surface area contributed by atoms with Gasteiger partial charge in [0.25, 0.3) is 0 Å². The van der Waals surface area contributed by atoms with Gasteiger partial charge in [-0.25, -0.2) is 4.98 Å². The zero-order valence-electron chi connectivity index (χ0n) is 13.9. The van der Waals surface area contributed by atoms with Crippen LogP contribution >= 0.6 is 11.3 Å². The van der Waals surface area contributed by atoms with Crippen molar-refractivity contribution in [3.63, 3.8) is 0 Å². The molecule has 3 heteroatoms. The van der Waals surface area contributed by atoms with E-state index in [1.54, 1.807) is 0 Å². The minimum absolute atomic E-state index is 0.160. The summed E-state index contributed by atoms with van der Waals surface area (Å²) in [5.74, 6) is 0.918. The lowest BCUT2D eigenvalue weighted by Gasteiger charge is -2.29. The maximum absolute atomic E-state index is 4.79. The molecule has 1 aliphatic rings. The van der Waals surface area contributed by atoms with E-state index in [-0.39, 0.29) is 5.41 Å². The second kappa shape index (κ2) is 6.15. The highest BCUT2D eigenvalue weighted by Crippen LogP contribution is 2.33. The van der Waals surface area contributed by atoms with E-state index in [0.29, 0.717) is 12.1 Å². The minimum Gasteiger partial charge on any atom is -0.307 e. The molecule has 1 unspecified atom stereocenters. The smallest absolute Gasteiger partial charge is 0.0985 e. The lowest BCUT2D eigenvalue weighted by molar-refractivity contribution is 0.292. The molecule has 0 bridgehead atoms. The van der Waals surface area contributed by atoms with Crippen molar-refractivity contribution >= 4 is 11.3 Å². The largest absolute Gasteiger partial charge is 0.307 e. The maximum atomic E-state index is 4.79. The normalized spacial score (nSPS) is 25.7. The van der Waals surface area contributed by atoms with Crippen molar-refractivity contribution in [1.82, 2.24) is 10.3 Å². The predicted octanol–water partition coefficient (Wildman–Crippen LogP) is 4.98. The molecule has 1 aromatic rings. The first-order valence-electron chi connectivity index (χ1n) is 8.01. The minimum atomic E-state index is 0.160. The van der Waals surface area contributed by atoms with Gasteiger partial charge in [-0.1, -0.05) is 27.7 Å². The van der Waals surface area contributed by atoms with Crippen molar-refractivity contribution in [1.29, 1.82) is 0 Å². The van der Waals surface area contributed by atoms with Gasteiger partial charge in [-0.15, -0.1) is 11.3 Å². The van der Waals surface area contributed by atoms with E-state index < -0.39 is 0 Å². The molecule has 1 atom stereocenters. The summed E-state index contributed by atoms with van der Waals surface area (Å²) in [4.78, 5) is 6.21. The molecule has 20 heavy (non-hydrogen) atoms. The lowest BCUT2D eigenvalue weighted by Crippen LogP contribution is -2.34. The number of nitrogens with one attached hydrogen (secondary N) is 1. The van der Waals surface area contributed by atoms with Crippen LogP contribution in [0, 0.1) is 12.8 Å². The Morgan fingerprint density at radius 1 is 1.20 bits per heavy atom. The molecule has 1 aliphatic carbocycles. The van der Waals surface area contributed by atoms with Crippen molar-refractivity contribution in [3.05, 3.63) is 15.6 Å². The Bertz CT molecular complexity index is 436. The molecule has 0 spiro atoms. The summed E-state index contributed by atoms with van der Waals surface area (Å²) in [6.07, 6.45) is 5.41. The van der Waals surface area contributed by atoms with Crippen molar-refractivity contribution in [2.75, 3.05) is 0 Å². The van der Waals surface area contributed by atoms with Gasteiger partial charge in [0.1, 0.15) is 0 Å². The molecule has 0 aliphatic heterocycles. The molecule has 0 radical (unpaired) electrons. The topological polar surface area (TPSA) is 24.9 Å². The average molecular weight is 295 g/mol. The summed E-state index contributed by atoms with van der Waals surface area (Å²) in [5, 5.41) is 5.09. The third-order valence-electron chi connectivity index (χ3n) is 4.37. The summed E-state index contributed by atoms with van der Waals surface area (Å²) in [5.41, 5.74) is 1.37. The van der Waals surface area contributed by atoms with Gasteiger partial charge in [-0.3, -0.25) is 0 Å². The van der Waals surface area contributed by atoms with Crippen LogP contribution in [-0.4, -0.2) is 11.0 Å². The second-order valence-corrected chi connectivity index (χ2v) is 8.59. The van der Waals surface area contributed by atoms with Crippen LogP contribution < -0.4 is 5.32 Å². The van der Waals surface area contributed by atoms with Gasteiger partial charge in [0, 0.05) is 22.4 Å². The fraction of sp³-hybridized carbons (Fsp3) is 0.824. The van der Waals surface area contributed by atoms with E-state index in [1.165, 1.54) is 41.3 Å². The molecule has 2 rings (SSSR count). The second-order valence-electron chi connectivity index (χ2n) is 7.56. The highest BCUT2D eigenvalue weighted by Gasteiger charge is 2.25. The van der Waals surface area contributed by atoms with Gasteiger partial charge < -0.3 is 5.32 Å². The predicted molar refractivity (Wildman–Crippen MR) is 88.5 cm³/mol. The Morgan fingerprint density at radius 3 is 2.30 bits per heavy atom. The number of nitrogens with zero attached hydrogens (tertiary/aromatic N) is 1. The Labute approximate surface area is 128 Å². The van der Waals surface area contributed by atoms with E-state index in [4.69, 9.17) is 4.98 Å². The quantitative estimate of drug-likeness (QED) is 0.850. The highest BCUT2D eigenvalue weighted by molar-refractivity contribution is 7.12. The van der Waals surface area contributed by atoms with E-state index >= 15 is 0 Å². The molecule has 1 saturated carbocycles. The van der Waals surface area contributed by atoms with Crippen LogP contribution in [-0.2, 0) is 5.41 Å². The van der Waals surface area contributed by atoms with Gasteiger partial charge in [0.15, 0.2) is 0 Å². The fourth-order valence-electron chi connectivity index (χ4n) is 2.99. The van der Waals surface area contributed by atoms with Crippen molar-refractivity contribution in [2.45, 2.75) is 84.7 Å². The van der Waals surface area contributed by atoms with E-state index in [0.717, 1.165) is 5.92 Å². The van der Waals surface area contributed by atoms with Crippen LogP contribution in [0.5, 0.6) is 0 Å². The van der Waals surface area contributed by atoms with Gasteiger partial charge >= 0.3 is 0 Å². The van der Waals surface area contributed by atoms with Gasteiger partial charge in [-0.05, 0) is 45.4 Å². The van der Waals surface area contributed by atoms with Crippen LogP contribution in [0.15, 0.2) is 0 Å². The molecular weight excluding hydrogens is 264 g/mol. The van der Waals surface area contributed by atoms with Gasteiger partial charge in [0.05, 0.1) is 10.7 Å². The van der Waals surface area contributed by atoms with Crippen molar-refractivity contribution in [3.8, 4) is 0 Å². The third-order valence-corrected chi connectivity index (χ3v) is 6.13. The molecular formula is C17H30N2S. The first-order chi connectivity index (χ1) is 9.27. The van der Waals surface area contributed by atoms with Crippen LogP contribution in [0.2, 0.25) is 0 Å². The van der Waals surface area contributed by atoms with Crippen LogP contribution in [0.1, 0.15) is 81.9 Å². The first-order valence-corrected chi connectivity index (χ1v) is 8.83. The fourth-order valence-corrected chi connectivity index (χ4v) is 4.12. The zero-order valence-corrected chi connectivity index (χ0v) is 14.7. The summed E-state index contributed by atoms with van der Waals surface area (Å²) in [7, 11) is 0. The maximum Gasteiger partial charge on any atom is 0.0985 e. The molecule has 1 heterocycles. The number of thiazole rings is 1. The summed E-state index contributed by atoms with van der Waals surface area (Å²) in [6.45, 7) is 13.6. The number of hydrogen-bond acceptors (Lipinski definition) is 3. The molecule has 1 N–H and O–H groups in total. The number of hydrogen-bond donors (Lipinski definition) is 1. The Morgan fingerprint density at radius 2 is 1.80 bits per heavy atom. The van der Waals surface area contributed by atoms with Gasteiger partial charge in [-0.2, -0.15) is 0 Å². The summed E-state index contributed by atoms with van der Waals surface area (Å²) in [6, 6.07) is 1.13. The monoisotopic (exact) mass is 294 g/mol. The van der Waals surface area contributed by atoms with Crippen molar-refractivity contribution in [2.24, 2.45) is 5.92 Å². The van der Waals surface area contributed by atoms with E-state index in [9.17, 15) is 0 Å². The number of aromatic nitrogens is 1. The lowest BCUT2D eigenvalue weighted by atomic mass is 9.87. The van der Waals surface area contributed by atoms with Crippen molar-refractivity contribution < 1.29 is 0 Å². The first kappa shape index (κ1) is 16.0. The Hall–Kier alpha value is -0.410. The van der Waals surface area contributed by atoms with Gasteiger partial charge in [0.2, 0.25) is 0 Å². The van der Waals surface area contributed by atoms with Crippen LogP contribution in [0.4, 0.5) is 0 Å². The van der Waals surface area contributed by atoms with E-state index in [1.807, 2.05) is 11.3 Å². The SMILES string of the molecule is Cc1nc(C(C)(C)C)sc1C(C)NC1CCC(C)CC1.